The van der Waals surface area contributed by atoms with Crippen molar-refractivity contribution >= 4 is 0 Å². The van der Waals surface area contributed by atoms with Gasteiger partial charge in [-0.05, 0) is 0 Å². The summed E-state index contributed by atoms with van der Waals surface area (Å²) in [6.07, 6.45) is 0. The Hall–Kier alpha value is 14.4. The Morgan fingerprint density at radius 1 is 0.333 bits per heavy atom. The summed E-state index contributed by atoms with van der Waals surface area (Å²) < 4.78 is 0. The van der Waals surface area contributed by atoms with E-state index in [1.165, 1.54) is 0 Å². The van der Waals surface area contributed by atoms with Crippen LogP contribution in [-0.4, -0.2) is 0 Å². The molecule has 0 nitrogen and oxygen atoms in total. The molecule has 13 radical (unpaired) electrons. The van der Waals surface area contributed by atoms with Crippen LogP contribution in [0.15, 0.2) is 0 Å². The molecule has 0 spiro atoms. The SMILES string of the molecule is C.CC.CC.[CH2-]C.[CH3-].[Y].[Y].[Y].[Y].[Y].[Y].[Y].[Y].[Y].[Y].[Y].[Y].[Y]. The van der Waals surface area contributed by atoms with Crippen molar-refractivity contribution in [1.29, 1.82) is 0 Å². The zero-order valence-electron chi connectivity index (χ0n) is 14.2. The van der Waals surface area contributed by atoms with E-state index in [2.05, 4.69) is 6.92 Å². The maximum absolute atomic E-state index is 3.25. The minimum atomic E-state index is 0. The minimum Gasteiger partial charge on any atom is -0.358 e. The predicted molar refractivity (Wildman–Crippen MR) is 46.9 cm³/mol. The molecule has 0 saturated heterocycles. The van der Waals surface area contributed by atoms with Gasteiger partial charge in [0, 0.05) is 425 Å². The summed E-state index contributed by atoms with van der Waals surface area (Å²) in [6.45, 7) is 13.0. The second-order valence-corrected chi connectivity index (χ2v) is 0. The fourth-order valence-electron chi connectivity index (χ4n) is 0. The van der Waals surface area contributed by atoms with Crippen LogP contribution in [0, 0.1) is 14.4 Å². The summed E-state index contributed by atoms with van der Waals surface area (Å²) in [5, 5.41) is 0. The molecule has 0 N–H and O–H groups in total. The molecule has 0 aliphatic rings. The summed E-state index contributed by atoms with van der Waals surface area (Å²) in [4.78, 5) is 0. The van der Waals surface area contributed by atoms with Crippen LogP contribution >= 0.6 is 0 Å². The molecule has 0 bridgehead atoms. The van der Waals surface area contributed by atoms with E-state index < -0.39 is 0 Å². The molecule has 0 aliphatic heterocycles. The summed E-state index contributed by atoms with van der Waals surface area (Å²) in [5.74, 6) is 0. The van der Waals surface area contributed by atoms with Crippen LogP contribution < -0.4 is 0 Å². The summed E-state index contributed by atoms with van der Waals surface area (Å²) in [7, 11) is 0. The first-order chi connectivity index (χ1) is 3.00. The third kappa shape index (κ3) is 175. The molecular formula is C8H24Y13-2. The van der Waals surface area contributed by atoms with E-state index in [4.69, 9.17) is 0 Å². The van der Waals surface area contributed by atoms with Gasteiger partial charge in [0.1, 0.15) is 0 Å². The van der Waals surface area contributed by atoms with Crippen molar-refractivity contribution in [1.82, 2.24) is 0 Å². The molecule has 0 unspecified atom stereocenters. The van der Waals surface area contributed by atoms with Crippen molar-refractivity contribution in [3.05, 3.63) is 14.4 Å². The molecule has 13 heteroatoms. The normalized spacial score (nSPS) is 0.857. The Morgan fingerprint density at radius 3 is 0.333 bits per heavy atom. The Bertz CT molecular complexity index is 20.1. The van der Waals surface area contributed by atoms with Crippen LogP contribution in [0.5, 0.6) is 0 Å². The van der Waals surface area contributed by atoms with Gasteiger partial charge >= 0.3 is 0 Å². The van der Waals surface area contributed by atoms with Crippen LogP contribution in [-0.2, 0) is 425 Å². The number of hydrogen-bond donors (Lipinski definition) is 0. The van der Waals surface area contributed by atoms with Crippen LogP contribution in [0.1, 0.15) is 42.0 Å². The van der Waals surface area contributed by atoms with E-state index in [9.17, 15) is 0 Å². The van der Waals surface area contributed by atoms with Crippen LogP contribution in [0.3, 0.4) is 0 Å². The van der Waals surface area contributed by atoms with E-state index in [1.54, 1.807) is 6.92 Å². The zero-order chi connectivity index (χ0) is 6.00. The second-order valence-electron chi connectivity index (χ2n) is 0. The largest absolute Gasteiger partial charge is 0.358 e. The third-order valence-corrected chi connectivity index (χ3v) is 0. The van der Waals surface area contributed by atoms with Gasteiger partial charge < -0.3 is 14.4 Å². The molecule has 0 aliphatic carbocycles. The van der Waals surface area contributed by atoms with E-state index in [0.717, 1.165) is 0 Å². The zero-order valence-corrected chi connectivity index (χ0v) is 51.1. The molecular weight excluding hydrogens is 1250 g/mol. The Kier molecular flexibility index (Phi) is 1220. The molecule has 0 rings (SSSR count). The molecule has 0 fully saturated rings. The Labute approximate surface area is 465 Å². The molecule has 21 heavy (non-hydrogen) atoms. The van der Waals surface area contributed by atoms with Crippen molar-refractivity contribution in [2.75, 3.05) is 0 Å². The maximum Gasteiger partial charge on any atom is 0 e. The molecule has 0 aromatic heterocycles. The summed E-state index contributed by atoms with van der Waals surface area (Å²) in [5.41, 5.74) is 0. The summed E-state index contributed by atoms with van der Waals surface area (Å²) >= 11 is 0. The van der Waals surface area contributed by atoms with E-state index in [0.29, 0.717) is 0 Å². The predicted octanol–water partition coefficient (Wildman–Crippen LogP) is 3.95. The first-order valence-electron chi connectivity index (χ1n) is 2.71. The van der Waals surface area contributed by atoms with Crippen molar-refractivity contribution in [3.63, 3.8) is 0 Å². The van der Waals surface area contributed by atoms with Gasteiger partial charge in [-0.25, -0.2) is 0 Å². The van der Waals surface area contributed by atoms with Gasteiger partial charge in [-0.3, -0.25) is 0 Å². The van der Waals surface area contributed by atoms with Gasteiger partial charge in [0.25, 0.3) is 0 Å². The topological polar surface area (TPSA) is 0 Å². The number of rotatable bonds is 0. The Morgan fingerprint density at radius 2 is 0.333 bits per heavy atom. The van der Waals surface area contributed by atoms with Crippen LogP contribution in [0.25, 0.3) is 0 Å². The molecule has 0 aromatic rings. The van der Waals surface area contributed by atoms with Gasteiger partial charge in [0.05, 0.1) is 0 Å². The van der Waals surface area contributed by atoms with Gasteiger partial charge in [0.2, 0.25) is 0 Å². The van der Waals surface area contributed by atoms with E-state index >= 15 is 0 Å². The quantitative estimate of drug-likeness (QED) is 0.323. The first-order valence-corrected chi connectivity index (χ1v) is 2.71. The average Bonchev–Trinajstić information content (AvgIpc) is 1.81. The van der Waals surface area contributed by atoms with Crippen molar-refractivity contribution < 1.29 is 425 Å². The van der Waals surface area contributed by atoms with E-state index in [-0.39, 0.29) is 440 Å². The molecule has 0 aromatic carbocycles. The van der Waals surface area contributed by atoms with Crippen molar-refractivity contribution in [2.45, 2.75) is 42.0 Å². The van der Waals surface area contributed by atoms with Crippen LogP contribution in [0.4, 0.5) is 0 Å². The fourth-order valence-corrected chi connectivity index (χ4v) is 0. The molecule has 0 amide bonds. The standard InChI is InChI=1S/2C2H6.C2H5.CH4.CH3.13Y/c3*1-2;;;;;;;;;;;;;;;/h2*1-2H3;1H2,2H3;1H4;1H3;;;;;;;;;;;;;/q;;-1;;-1;;;;;;;;;;;;;. The van der Waals surface area contributed by atoms with Crippen molar-refractivity contribution in [2.24, 2.45) is 0 Å². The molecule has 97 valence electrons. The van der Waals surface area contributed by atoms with Gasteiger partial charge in [-0.15, -0.1) is 0 Å². The summed E-state index contributed by atoms with van der Waals surface area (Å²) in [6, 6.07) is 0. The Balaban J connectivity index is -0.000000000296. The monoisotopic (exact) mass is 1280 g/mol. The smallest absolute Gasteiger partial charge is 0 e. The minimum absolute atomic E-state index is 0. The molecule has 0 atom stereocenters. The first kappa shape index (κ1) is 139. The van der Waals surface area contributed by atoms with Gasteiger partial charge in [-0.2, -0.15) is 6.92 Å². The van der Waals surface area contributed by atoms with E-state index in [1.807, 2.05) is 27.7 Å². The average molecular weight is 1280 g/mol. The molecule has 0 saturated carbocycles. The third-order valence-electron chi connectivity index (χ3n) is 0. The molecule has 0 heterocycles. The number of hydrogen-bond acceptors (Lipinski definition) is 0. The van der Waals surface area contributed by atoms with Crippen molar-refractivity contribution in [3.8, 4) is 0 Å². The van der Waals surface area contributed by atoms with Gasteiger partial charge in [-0.1, -0.05) is 35.1 Å². The fraction of sp³-hybridized carbons (Fsp3) is 0.750. The maximum atomic E-state index is 3.25. The van der Waals surface area contributed by atoms with Gasteiger partial charge in [0.15, 0.2) is 0 Å². The van der Waals surface area contributed by atoms with Crippen LogP contribution in [0.2, 0.25) is 0 Å². The second kappa shape index (κ2) is 186.